The molecule has 1 N–H and O–H groups in total. The van der Waals surface area contributed by atoms with E-state index in [-0.39, 0.29) is 4.90 Å². The predicted octanol–water partition coefficient (Wildman–Crippen LogP) is 0.267. The Morgan fingerprint density at radius 1 is 1.47 bits per heavy atom. The first-order chi connectivity index (χ1) is 8.70. The van der Waals surface area contributed by atoms with Crippen molar-refractivity contribution < 1.29 is 17.9 Å². The largest absolute Gasteiger partial charge is 0.369 e. The molecule has 0 spiro atoms. The lowest BCUT2D eigenvalue weighted by Crippen LogP contribution is -2.39. The van der Waals surface area contributed by atoms with E-state index in [1.54, 1.807) is 27.8 Å². The highest BCUT2D eigenvalue weighted by atomic mass is 32.2. The Morgan fingerprint density at radius 2 is 2.05 bits per heavy atom. The van der Waals surface area contributed by atoms with Crippen molar-refractivity contribution in [2.45, 2.75) is 38.7 Å². The van der Waals surface area contributed by atoms with Crippen LogP contribution < -0.4 is 4.72 Å². The molecule has 7 nitrogen and oxygen atoms in total. The number of amides is 1. The Kier molecular flexibility index (Phi) is 4.70. The van der Waals surface area contributed by atoms with Crippen LogP contribution in [0, 0.1) is 13.8 Å². The molecule has 0 fully saturated rings. The van der Waals surface area contributed by atoms with Crippen molar-refractivity contribution >= 4 is 15.9 Å². The molecule has 1 amide bonds. The zero-order valence-corrected chi connectivity index (χ0v) is 12.5. The van der Waals surface area contributed by atoms with Crippen LogP contribution in [-0.4, -0.2) is 36.8 Å². The molecule has 108 valence electrons. The van der Waals surface area contributed by atoms with Crippen LogP contribution in [0.25, 0.3) is 0 Å². The maximum atomic E-state index is 12.2. The van der Waals surface area contributed by atoms with Crippen molar-refractivity contribution in [3.05, 3.63) is 11.4 Å². The van der Waals surface area contributed by atoms with Crippen molar-refractivity contribution in [1.82, 2.24) is 14.5 Å². The zero-order chi connectivity index (χ0) is 14.8. The Labute approximate surface area is 113 Å². The number of aromatic nitrogens is 2. The van der Waals surface area contributed by atoms with E-state index in [0.717, 1.165) is 0 Å². The Bertz CT molecular complexity index is 577. The number of aryl methyl sites for hydroxylation is 2. The molecule has 1 heterocycles. The van der Waals surface area contributed by atoms with E-state index in [1.807, 2.05) is 4.72 Å². The number of ether oxygens (including phenoxy) is 1. The van der Waals surface area contributed by atoms with Gasteiger partial charge in [0.15, 0.2) is 0 Å². The van der Waals surface area contributed by atoms with Gasteiger partial charge in [0.2, 0.25) is 0 Å². The summed E-state index contributed by atoms with van der Waals surface area (Å²) in [5.41, 5.74) is 0.825. The number of carbonyl (C=O) groups excluding carboxylic acids is 1. The molecule has 1 unspecified atom stereocenters. The number of nitrogens with zero attached hydrogens (tertiary/aromatic N) is 2. The average Bonchev–Trinajstić information content (AvgIpc) is 2.52. The lowest BCUT2D eigenvalue weighted by Gasteiger charge is -2.12. The van der Waals surface area contributed by atoms with Crippen LogP contribution in [0.4, 0.5) is 0 Å². The summed E-state index contributed by atoms with van der Waals surface area (Å²) < 4.78 is 32.9. The summed E-state index contributed by atoms with van der Waals surface area (Å²) in [6, 6.07) is 0. The molecule has 1 aromatic heterocycles. The first kappa shape index (κ1) is 15.6. The van der Waals surface area contributed by atoms with E-state index < -0.39 is 22.0 Å². The van der Waals surface area contributed by atoms with Crippen LogP contribution in [0.3, 0.4) is 0 Å². The molecule has 0 radical (unpaired) electrons. The zero-order valence-electron chi connectivity index (χ0n) is 11.7. The van der Waals surface area contributed by atoms with Gasteiger partial charge in [-0.2, -0.15) is 5.10 Å². The molecule has 0 aliphatic heterocycles. The second kappa shape index (κ2) is 5.70. The highest BCUT2D eigenvalue weighted by molar-refractivity contribution is 7.90. The summed E-state index contributed by atoms with van der Waals surface area (Å²) in [6.07, 6.45) is -0.822. The van der Waals surface area contributed by atoms with E-state index in [2.05, 4.69) is 5.10 Å². The third-order valence-corrected chi connectivity index (χ3v) is 4.33. The molecular weight excluding hydrogens is 270 g/mol. The molecule has 0 aliphatic carbocycles. The smallest absolute Gasteiger partial charge is 0.267 e. The lowest BCUT2D eigenvalue weighted by atomic mass is 10.4. The van der Waals surface area contributed by atoms with Crippen molar-refractivity contribution in [3.63, 3.8) is 0 Å². The first-order valence-electron chi connectivity index (χ1n) is 5.89. The van der Waals surface area contributed by atoms with E-state index in [4.69, 9.17) is 4.74 Å². The van der Waals surface area contributed by atoms with Crippen LogP contribution in [0.2, 0.25) is 0 Å². The van der Waals surface area contributed by atoms with Crippen LogP contribution >= 0.6 is 0 Å². The van der Waals surface area contributed by atoms with Gasteiger partial charge in [-0.3, -0.25) is 9.48 Å². The van der Waals surface area contributed by atoms with Crippen LogP contribution in [0.1, 0.15) is 25.2 Å². The van der Waals surface area contributed by atoms with Crippen LogP contribution in [0.5, 0.6) is 0 Å². The number of nitrogens with one attached hydrogen (secondary N) is 1. The molecule has 0 saturated heterocycles. The highest BCUT2D eigenvalue weighted by Crippen LogP contribution is 2.18. The number of rotatable bonds is 5. The van der Waals surface area contributed by atoms with Crippen LogP contribution in [0.15, 0.2) is 4.90 Å². The van der Waals surface area contributed by atoms with E-state index in [1.165, 1.54) is 11.6 Å². The minimum atomic E-state index is -3.93. The predicted molar refractivity (Wildman–Crippen MR) is 69.1 cm³/mol. The van der Waals surface area contributed by atoms with Gasteiger partial charge in [-0.25, -0.2) is 13.1 Å². The number of hydrogen-bond acceptors (Lipinski definition) is 5. The number of hydrogen-bond donors (Lipinski definition) is 1. The van der Waals surface area contributed by atoms with Gasteiger partial charge < -0.3 is 4.74 Å². The van der Waals surface area contributed by atoms with E-state index >= 15 is 0 Å². The minimum absolute atomic E-state index is 0.0343. The summed E-state index contributed by atoms with van der Waals surface area (Å²) in [5.74, 6) is -0.690. The van der Waals surface area contributed by atoms with Crippen molar-refractivity contribution in [3.8, 4) is 0 Å². The maximum absolute atomic E-state index is 12.2. The fraction of sp³-hybridized carbons (Fsp3) is 0.636. The lowest BCUT2D eigenvalue weighted by molar-refractivity contribution is -0.129. The topological polar surface area (TPSA) is 90.3 Å². The van der Waals surface area contributed by atoms with E-state index in [9.17, 15) is 13.2 Å². The van der Waals surface area contributed by atoms with Gasteiger partial charge in [-0.05, 0) is 27.7 Å². The van der Waals surface area contributed by atoms with Crippen molar-refractivity contribution in [2.75, 3.05) is 6.61 Å². The number of sulfonamides is 1. The summed E-state index contributed by atoms with van der Waals surface area (Å²) >= 11 is 0. The Morgan fingerprint density at radius 3 is 2.47 bits per heavy atom. The molecule has 1 atom stereocenters. The average molecular weight is 289 g/mol. The monoisotopic (exact) mass is 289 g/mol. The second-order valence-electron chi connectivity index (χ2n) is 4.19. The van der Waals surface area contributed by atoms with Gasteiger partial charge >= 0.3 is 0 Å². The fourth-order valence-corrected chi connectivity index (χ4v) is 3.22. The molecule has 19 heavy (non-hydrogen) atoms. The molecule has 1 rings (SSSR count). The fourth-order valence-electron chi connectivity index (χ4n) is 1.74. The van der Waals surface area contributed by atoms with Gasteiger partial charge in [0.25, 0.3) is 15.9 Å². The highest BCUT2D eigenvalue weighted by Gasteiger charge is 2.27. The van der Waals surface area contributed by atoms with Crippen molar-refractivity contribution in [2.24, 2.45) is 7.05 Å². The van der Waals surface area contributed by atoms with Gasteiger partial charge in [-0.1, -0.05) is 0 Å². The molecule has 0 aromatic carbocycles. The second-order valence-corrected chi connectivity index (χ2v) is 5.81. The van der Waals surface area contributed by atoms with Gasteiger partial charge in [0.1, 0.15) is 11.0 Å². The van der Waals surface area contributed by atoms with Gasteiger partial charge in [0.05, 0.1) is 11.4 Å². The first-order valence-corrected chi connectivity index (χ1v) is 7.37. The van der Waals surface area contributed by atoms with Crippen molar-refractivity contribution in [1.29, 1.82) is 0 Å². The molecule has 8 heteroatoms. The summed E-state index contributed by atoms with van der Waals surface area (Å²) in [6.45, 7) is 6.77. The maximum Gasteiger partial charge on any atom is 0.267 e. The standard InChI is InChI=1S/C11H19N3O4S/c1-6-18-9(4)11(15)13-19(16,17)10-7(2)12-14(5)8(10)3/h9H,6H2,1-5H3,(H,13,15). The Hall–Kier alpha value is -1.41. The normalized spacial score (nSPS) is 13.3. The number of carbonyl (C=O) groups is 1. The molecule has 1 aromatic rings. The van der Waals surface area contributed by atoms with Gasteiger partial charge in [0, 0.05) is 13.7 Å². The van der Waals surface area contributed by atoms with E-state index in [0.29, 0.717) is 18.0 Å². The Balaban J connectivity index is 3.03. The van der Waals surface area contributed by atoms with Gasteiger partial charge in [-0.15, -0.1) is 0 Å². The molecule has 0 aliphatic rings. The summed E-state index contributed by atoms with van der Waals surface area (Å²) in [5, 5.41) is 4.02. The minimum Gasteiger partial charge on any atom is -0.369 e. The summed E-state index contributed by atoms with van der Waals surface area (Å²) in [4.78, 5) is 11.7. The molecular formula is C11H19N3O4S. The third-order valence-electron chi connectivity index (χ3n) is 2.73. The molecule has 0 bridgehead atoms. The summed E-state index contributed by atoms with van der Waals surface area (Å²) in [7, 11) is -2.28. The SMILES string of the molecule is CCOC(C)C(=O)NS(=O)(=O)c1c(C)nn(C)c1C. The quantitative estimate of drug-likeness (QED) is 0.840. The molecule has 0 saturated carbocycles. The third kappa shape index (κ3) is 3.32. The van der Waals surface area contributed by atoms with Crippen LogP contribution in [-0.2, 0) is 26.6 Å².